The molecule has 0 unspecified atom stereocenters. The Bertz CT molecular complexity index is 870. The van der Waals surface area contributed by atoms with Gasteiger partial charge >= 0.3 is 0 Å². The minimum Gasteiger partial charge on any atom is -0.364 e. The highest BCUT2D eigenvalue weighted by molar-refractivity contribution is 7.91. The molecule has 1 N–H and O–H groups in total. The molecule has 28 heavy (non-hydrogen) atoms. The van der Waals surface area contributed by atoms with Crippen LogP contribution in [0.4, 0.5) is 0 Å². The Morgan fingerprint density at radius 1 is 0.929 bits per heavy atom. The Kier molecular flexibility index (Phi) is 11.2. The van der Waals surface area contributed by atoms with Gasteiger partial charge < -0.3 is 14.4 Å². The van der Waals surface area contributed by atoms with E-state index in [-0.39, 0.29) is 22.0 Å². The number of rotatable bonds is 6. The Morgan fingerprint density at radius 3 is 1.71 bits per heavy atom. The quantitative estimate of drug-likeness (QED) is 0.721. The van der Waals surface area contributed by atoms with Crippen LogP contribution in [0, 0.1) is 6.92 Å². The predicted molar refractivity (Wildman–Crippen MR) is 108 cm³/mol. The van der Waals surface area contributed by atoms with Crippen molar-refractivity contribution in [2.24, 2.45) is 0 Å². The van der Waals surface area contributed by atoms with Crippen LogP contribution >= 0.6 is 0 Å². The summed E-state index contributed by atoms with van der Waals surface area (Å²) in [7, 11) is -2.35. The van der Waals surface area contributed by atoms with Crippen molar-refractivity contribution >= 4 is 19.7 Å². The zero-order valence-corrected chi connectivity index (χ0v) is 19.1. The van der Waals surface area contributed by atoms with Crippen molar-refractivity contribution in [3.63, 3.8) is 0 Å². The third-order valence-corrected chi connectivity index (χ3v) is 7.57. The van der Waals surface area contributed by atoms with Gasteiger partial charge in [-0.15, -0.1) is 0 Å². The van der Waals surface area contributed by atoms with Gasteiger partial charge in [0, 0.05) is 12.1 Å². The summed E-state index contributed by atoms with van der Waals surface area (Å²) < 4.78 is 54.8. The van der Waals surface area contributed by atoms with Crippen LogP contribution in [0.1, 0.15) is 44.8 Å². The smallest absolute Gasteiger partial charge is 0.158 e. The molecule has 0 bridgehead atoms. The number of nitrogens with zero attached hydrogens (tertiary/aromatic N) is 2. The van der Waals surface area contributed by atoms with Crippen molar-refractivity contribution in [3.05, 3.63) is 35.5 Å². The lowest BCUT2D eigenvalue weighted by atomic mass is 10.4. The molecule has 0 spiro atoms. The fourth-order valence-electron chi connectivity index (χ4n) is 1.54. The van der Waals surface area contributed by atoms with E-state index in [0.717, 1.165) is 0 Å². The molecule has 0 saturated carbocycles. The van der Waals surface area contributed by atoms with Crippen LogP contribution in [-0.4, -0.2) is 51.7 Å². The lowest BCUT2D eigenvalue weighted by molar-refractivity contribution is 0.392. The zero-order valence-electron chi connectivity index (χ0n) is 17.5. The first-order valence-electron chi connectivity index (χ1n) is 8.68. The van der Waals surface area contributed by atoms with Crippen LogP contribution in [0.2, 0.25) is 0 Å². The summed E-state index contributed by atoms with van der Waals surface area (Å²) in [5.74, 6) is 0.553. The van der Waals surface area contributed by atoms with Gasteiger partial charge in [0.2, 0.25) is 0 Å². The molecule has 0 atom stereocenters. The Morgan fingerprint density at radius 2 is 1.39 bits per heavy atom. The maximum Gasteiger partial charge on any atom is 0.158 e. The molecule has 11 heteroatoms. The molecule has 0 radical (unpaired) electrons. The molecule has 0 aliphatic heterocycles. The highest BCUT2D eigenvalue weighted by Crippen LogP contribution is 2.11. The van der Waals surface area contributed by atoms with E-state index < -0.39 is 19.7 Å². The SMILES string of the molecule is CC(C)S(=O)(=O)Cc1ccon1.CNC.Cc1cc(CS(=O)(=O)C(C)C)no1. The van der Waals surface area contributed by atoms with Crippen molar-refractivity contribution in [3.8, 4) is 0 Å². The fourth-order valence-corrected chi connectivity index (χ4v) is 3.32. The van der Waals surface area contributed by atoms with Gasteiger partial charge in [-0.3, -0.25) is 0 Å². The second-order valence-corrected chi connectivity index (χ2v) is 11.7. The van der Waals surface area contributed by atoms with Gasteiger partial charge in [0.1, 0.15) is 12.0 Å². The standard InChI is InChI=1S/C8H13NO3S.C7H11NO3S.C2H7N/c1-6(2)13(10,11)5-8-4-7(3)12-9-8;1-6(2)12(9,10)5-7-3-4-11-8-7;1-3-2/h4,6H,5H2,1-3H3;3-4,6H,5H2,1-2H3;3H,1-2H3. The topological polar surface area (TPSA) is 132 Å². The van der Waals surface area contributed by atoms with E-state index in [4.69, 9.17) is 4.52 Å². The minimum absolute atomic E-state index is 0.0397. The van der Waals surface area contributed by atoms with Gasteiger partial charge in [-0.05, 0) is 48.7 Å². The molecule has 2 aromatic rings. The lowest BCUT2D eigenvalue weighted by Crippen LogP contribution is -2.16. The minimum atomic E-state index is -3.06. The summed E-state index contributed by atoms with van der Waals surface area (Å²) in [6, 6.07) is 3.19. The Hall–Kier alpha value is -1.72. The maximum absolute atomic E-state index is 11.4. The average Bonchev–Trinajstić information content (AvgIpc) is 3.19. The summed E-state index contributed by atoms with van der Waals surface area (Å²) in [6.07, 6.45) is 1.37. The molecule has 2 heterocycles. The van der Waals surface area contributed by atoms with E-state index in [1.165, 1.54) is 6.26 Å². The van der Waals surface area contributed by atoms with Crippen molar-refractivity contribution in [1.29, 1.82) is 0 Å². The van der Waals surface area contributed by atoms with Gasteiger partial charge in [-0.25, -0.2) is 16.8 Å². The van der Waals surface area contributed by atoms with Gasteiger partial charge in [0.15, 0.2) is 19.7 Å². The van der Waals surface area contributed by atoms with Crippen LogP contribution in [0.3, 0.4) is 0 Å². The largest absolute Gasteiger partial charge is 0.364 e. The molecule has 0 saturated heterocycles. The Balaban J connectivity index is 0.000000458. The summed E-state index contributed by atoms with van der Waals surface area (Å²) >= 11 is 0. The number of nitrogens with one attached hydrogen (secondary N) is 1. The number of hydrogen-bond acceptors (Lipinski definition) is 9. The van der Waals surface area contributed by atoms with Gasteiger partial charge in [-0.2, -0.15) is 0 Å². The molecule has 0 aliphatic carbocycles. The van der Waals surface area contributed by atoms with Crippen LogP contribution in [0.5, 0.6) is 0 Å². The monoisotopic (exact) mass is 437 g/mol. The Labute approximate surface area is 167 Å². The average molecular weight is 438 g/mol. The van der Waals surface area contributed by atoms with Crippen LogP contribution in [-0.2, 0) is 31.2 Å². The van der Waals surface area contributed by atoms with E-state index in [2.05, 4.69) is 20.2 Å². The van der Waals surface area contributed by atoms with E-state index in [1.54, 1.807) is 46.8 Å². The highest BCUT2D eigenvalue weighted by atomic mass is 32.2. The zero-order chi connectivity index (χ0) is 22.0. The van der Waals surface area contributed by atoms with Crippen molar-refractivity contribution < 1.29 is 25.9 Å². The normalized spacial score (nSPS) is 11.6. The fraction of sp³-hybridized carbons (Fsp3) is 0.647. The molecule has 0 fully saturated rings. The predicted octanol–water partition coefficient (Wildman–Crippen LogP) is 2.14. The van der Waals surface area contributed by atoms with Crippen LogP contribution < -0.4 is 5.32 Å². The first-order chi connectivity index (χ1) is 12.9. The molecular formula is C17H31N3O6S2. The second-order valence-electron chi connectivity index (χ2n) is 6.63. The van der Waals surface area contributed by atoms with E-state index in [0.29, 0.717) is 17.1 Å². The van der Waals surface area contributed by atoms with Crippen molar-refractivity contribution in [2.75, 3.05) is 14.1 Å². The van der Waals surface area contributed by atoms with E-state index >= 15 is 0 Å². The number of hydrogen-bond donors (Lipinski definition) is 1. The first-order valence-corrected chi connectivity index (χ1v) is 12.1. The van der Waals surface area contributed by atoms with Crippen LogP contribution in [0.25, 0.3) is 0 Å². The molecule has 2 aromatic heterocycles. The molecule has 162 valence electrons. The molecule has 0 aromatic carbocycles. The van der Waals surface area contributed by atoms with Crippen molar-refractivity contribution in [2.45, 2.75) is 56.6 Å². The first kappa shape index (κ1) is 26.3. The number of aryl methyl sites for hydroxylation is 1. The van der Waals surface area contributed by atoms with Gasteiger partial charge in [-0.1, -0.05) is 10.3 Å². The number of aromatic nitrogens is 2. The second kappa shape index (κ2) is 12.0. The molecule has 0 amide bonds. The van der Waals surface area contributed by atoms with Gasteiger partial charge in [0.05, 0.1) is 33.4 Å². The summed E-state index contributed by atoms with van der Waals surface area (Å²) in [6.45, 7) is 8.34. The number of sulfone groups is 2. The molecular weight excluding hydrogens is 406 g/mol. The van der Waals surface area contributed by atoms with E-state index in [9.17, 15) is 16.8 Å². The third-order valence-electron chi connectivity index (χ3n) is 3.30. The molecule has 9 nitrogen and oxygen atoms in total. The lowest BCUT2D eigenvalue weighted by Gasteiger charge is -2.03. The van der Waals surface area contributed by atoms with Crippen molar-refractivity contribution in [1.82, 2.24) is 15.6 Å². The van der Waals surface area contributed by atoms with E-state index in [1.807, 2.05) is 14.1 Å². The summed E-state index contributed by atoms with van der Waals surface area (Å²) in [4.78, 5) is 0. The summed E-state index contributed by atoms with van der Waals surface area (Å²) in [5, 5.41) is 9.17. The summed E-state index contributed by atoms with van der Waals surface area (Å²) in [5.41, 5.74) is 0.940. The molecule has 2 rings (SSSR count). The third kappa shape index (κ3) is 10.00. The molecule has 0 aliphatic rings. The highest BCUT2D eigenvalue weighted by Gasteiger charge is 2.19. The van der Waals surface area contributed by atoms with Crippen LogP contribution in [0.15, 0.2) is 27.4 Å². The van der Waals surface area contributed by atoms with Gasteiger partial charge in [0.25, 0.3) is 0 Å². The maximum atomic E-state index is 11.4.